The third kappa shape index (κ3) is 3.50. The molecule has 20 heavy (non-hydrogen) atoms. The molecule has 0 radical (unpaired) electrons. The van der Waals surface area contributed by atoms with E-state index in [0.29, 0.717) is 5.56 Å². The maximum Gasteiger partial charge on any atom is 0.240 e. The van der Waals surface area contributed by atoms with E-state index >= 15 is 0 Å². The van der Waals surface area contributed by atoms with E-state index in [1.807, 2.05) is 6.92 Å². The molecular formula is C13H14N2O3S2. The van der Waals surface area contributed by atoms with Gasteiger partial charge in [-0.05, 0) is 26.0 Å². The van der Waals surface area contributed by atoms with Gasteiger partial charge in [0.1, 0.15) is 0 Å². The van der Waals surface area contributed by atoms with Crippen LogP contribution in [0.4, 0.5) is 0 Å². The molecule has 7 heteroatoms. The molecule has 0 saturated heterocycles. The predicted octanol–water partition coefficient (Wildman–Crippen LogP) is 2.13. The summed E-state index contributed by atoms with van der Waals surface area (Å²) in [6.07, 6.45) is 1.65. The highest BCUT2D eigenvalue weighted by atomic mass is 32.2. The molecular weight excluding hydrogens is 296 g/mol. The minimum Gasteiger partial charge on any atom is -0.295 e. The van der Waals surface area contributed by atoms with Gasteiger partial charge < -0.3 is 0 Å². The Morgan fingerprint density at radius 2 is 2.15 bits per heavy atom. The fourth-order valence-electron chi connectivity index (χ4n) is 1.62. The van der Waals surface area contributed by atoms with E-state index in [4.69, 9.17) is 0 Å². The van der Waals surface area contributed by atoms with Crippen molar-refractivity contribution >= 4 is 27.1 Å². The molecule has 1 aromatic heterocycles. The van der Waals surface area contributed by atoms with Crippen molar-refractivity contribution in [2.24, 2.45) is 0 Å². The average Bonchev–Trinajstić information content (AvgIpc) is 2.82. The van der Waals surface area contributed by atoms with Crippen LogP contribution >= 0.6 is 11.3 Å². The summed E-state index contributed by atoms with van der Waals surface area (Å²) in [4.78, 5) is 16.3. The van der Waals surface area contributed by atoms with Crippen LogP contribution in [0.3, 0.4) is 0 Å². The van der Waals surface area contributed by atoms with Gasteiger partial charge in [-0.3, -0.25) is 4.79 Å². The normalized spacial score (nSPS) is 11.5. The van der Waals surface area contributed by atoms with Crippen LogP contribution in [0.5, 0.6) is 0 Å². The quantitative estimate of drug-likeness (QED) is 0.858. The molecule has 106 valence electrons. The lowest BCUT2D eigenvalue weighted by Crippen LogP contribution is -2.23. The monoisotopic (exact) mass is 310 g/mol. The van der Waals surface area contributed by atoms with Gasteiger partial charge in [-0.1, -0.05) is 12.1 Å². The highest BCUT2D eigenvalue weighted by Gasteiger charge is 2.15. The fraction of sp³-hybridized carbons (Fsp3) is 0.231. The van der Waals surface area contributed by atoms with E-state index in [2.05, 4.69) is 9.71 Å². The summed E-state index contributed by atoms with van der Waals surface area (Å²) in [5.41, 5.74) is 0.376. The van der Waals surface area contributed by atoms with Crippen LogP contribution in [-0.2, 0) is 16.6 Å². The number of carbonyl (C=O) groups is 1. The second-order valence-electron chi connectivity index (χ2n) is 4.25. The van der Waals surface area contributed by atoms with Crippen LogP contribution in [0.25, 0.3) is 0 Å². The first-order valence-corrected chi connectivity index (χ1v) is 8.20. The van der Waals surface area contributed by atoms with Crippen molar-refractivity contribution in [3.05, 3.63) is 45.9 Å². The lowest BCUT2D eigenvalue weighted by molar-refractivity contribution is 0.101. The van der Waals surface area contributed by atoms with E-state index < -0.39 is 10.0 Å². The van der Waals surface area contributed by atoms with Gasteiger partial charge in [0.05, 0.1) is 9.90 Å². The van der Waals surface area contributed by atoms with E-state index in [1.54, 1.807) is 18.3 Å². The molecule has 0 fully saturated rings. The number of aryl methyl sites for hydroxylation is 1. The zero-order valence-corrected chi connectivity index (χ0v) is 12.7. The van der Waals surface area contributed by atoms with Crippen molar-refractivity contribution in [3.63, 3.8) is 0 Å². The highest BCUT2D eigenvalue weighted by molar-refractivity contribution is 7.89. The number of hydrogen-bond acceptors (Lipinski definition) is 5. The minimum absolute atomic E-state index is 0.0893. The first-order valence-electron chi connectivity index (χ1n) is 5.90. The van der Waals surface area contributed by atoms with Crippen LogP contribution in [0.2, 0.25) is 0 Å². The lowest BCUT2D eigenvalue weighted by atomic mass is 10.2. The number of nitrogens with zero attached hydrogens (tertiary/aromatic N) is 1. The van der Waals surface area contributed by atoms with Crippen molar-refractivity contribution in [2.45, 2.75) is 25.3 Å². The van der Waals surface area contributed by atoms with Crippen LogP contribution in [0, 0.1) is 6.92 Å². The Morgan fingerprint density at radius 1 is 1.40 bits per heavy atom. The number of Topliss-reactive ketones (excluding diaryl/α,β-unsaturated/α-hetero) is 1. The number of hydrogen-bond donors (Lipinski definition) is 1. The van der Waals surface area contributed by atoms with Crippen LogP contribution < -0.4 is 4.72 Å². The molecule has 0 bridgehead atoms. The van der Waals surface area contributed by atoms with E-state index in [0.717, 1.165) is 9.88 Å². The Hall–Kier alpha value is -1.57. The van der Waals surface area contributed by atoms with Crippen molar-refractivity contribution in [1.82, 2.24) is 9.71 Å². The van der Waals surface area contributed by atoms with Gasteiger partial charge in [0.15, 0.2) is 5.78 Å². The molecule has 0 aliphatic carbocycles. The minimum atomic E-state index is -3.63. The molecule has 2 rings (SSSR count). The number of nitrogens with one attached hydrogen (secondary N) is 1. The number of carbonyl (C=O) groups excluding carboxylic acids is 1. The maximum absolute atomic E-state index is 12.1. The lowest BCUT2D eigenvalue weighted by Gasteiger charge is -2.06. The Kier molecular flexibility index (Phi) is 4.32. The molecule has 0 aliphatic rings. The molecule has 1 heterocycles. The number of rotatable bonds is 5. The number of ketones is 1. The number of aromatic nitrogens is 1. The van der Waals surface area contributed by atoms with E-state index in [1.165, 1.54) is 30.4 Å². The second-order valence-corrected chi connectivity index (χ2v) is 7.34. The smallest absolute Gasteiger partial charge is 0.240 e. The van der Waals surface area contributed by atoms with Gasteiger partial charge in [0.2, 0.25) is 10.0 Å². The molecule has 0 aliphatic heterocycles. The SMILES string of the molecule is CC(=O)c1cccc(S(=O)(=O)NCc2cnc(C)s2)c1. The number of thiazole rings is 1. The molecule has 0 amide bonds. The van der Waals surface area contributed by atoms with Gasteiger partial charge in [0.25, 0.3) is 0 Å². The van der Waals surface area contributed by atoms with E-state index in [-0.39, 0.29) is 17.2 Å². The Balaban J connectivity index is 2.17. The number of benzene rings is 1. The second kappa shape index (κ2) is 5.82. The highest BCUT2D eigenvalue weighted by Crippen LogP contribution is 2.15. The predicted molar refractivity (Wildman–Crippen MR) is 77.3 cm³/mol. The van der Waals surface area contributed by atoms with Crippen LogP contribution in [0.15, 0.2) is 35.4 Å². The van der Waals surface area contributed by atoms with Crippen LogP contribution in [-0.4, -0.2) is 19.2 Å². The summed E-state index contributed by atoms with van der Waals surface area (Å²) >= 11 is 1.44. The van der Waals surface area contributed by atoms with Crippen molar-refractivity contribution in [2.75, 3.05) is 0 Å². The molecule has 2 aromatic rings. The van der Waals surface area contributed by atoms with Crippen molar-refractivity contribution < 1.29 is 13.2 Å². The fourth-order valence-corrected chi connectivity index (χ4v) is 3.50. The Bertz CT molecular complexity index is 736. The van der Waals surface area contributed by atoms with Crippen molar-refractivity contribution in [3.8, 4) is 0 Å². The summed E-state index contributed by atoms with van der Waals surface area (Å²) in [6, 6.07) is 5.99. The zero-order valence-electron chi connectivity index (χ0n) is 11.1. The largest absolute Gasteiger partial charge is 0.295 e. The standard InChI is InChI=1S/C13H14N2O3S2/c1-9(16)11-4-3-5-13(6-11)20(17,18)15-8-12-7-14-10(2)19-12/h3-7,15H,8H2,1-2H3. The molecule has 0 atom stereocenters. The molecule has 1 N–H and O–H groups in total. The number of sulfonamides is 1. The van der Waals surface area contributed by atoms with Crippen LogP contribution in [0.1, 0.15) is 27.2 Å². The van der Waals surface area contributed by atoms with Gasteiger partial charge in [0, 0.05) is 23.2 Å². The topological polar surface area (TPSA) is 76.1 Å². The Labute approximate surface area is 121 Å². The summed E-state index contributed by atoms with van der Waals surface area (Å²) < 4.78 is 26.8. The molecule has 0 unspecified atom stereocenters. The zero-order chi connectivity index (χ0) is 14.8. The molecule has 0 spiro atoms. The summed E-state index contributed by atoms with van der Waals surface area (Å²) in [5.74, 6) is -0.167. The van der Waals surface area contributed by atoms with Gasteiger partial charge in [-0.15, -0.1) is 11.3 Å². The summed E-state index contributed by atoms with van der Waals surface area (Å²) in [6.45, 7) is 3.45. The van der Waals surface area contributed by atoms with Crippen molar-refractivity contribution in [1.29, 1.82) is 0 Å². The Morgan fingerprint density at radius 3 is 2.75 bits per heavy atom. The average molecular weight is 310 g/mol. The molecule has 0 saturated carbocycles. The maximum atomic E-state index is 12.1. The summed E-state index contributed by atoms with van der Waals surface area (Å²) in [5, 5.41) is 0.887. The third-order valence-electron chi connectivity index (χ3n) is 2.66. The summed E-state index contributed by atoms with van der Waals surface area (Å²) in [7, 11) is -3.63. The first-order chi connectivity index (χ1) is 9.38. The van der Waals surface area contributed by atoms with Gasteiger partial charge in [-0.25, -0.2) is 18.1 Å². The van der Waals surface area contributed by atoms with E-state index in [9.17, 15) is 13.2 Å². The van der Waals surface area contributed by atoms with Gasteiger partial charge >= 0.3 is 0 Å². The first kappa shape index (κ1) is 14.8. The molecule has 1 aromatic carbocycles. The molecule has 5 nitrogen and oxygen atoms in total. The third-order valence-corrected chi connectivity index (χ3v) is 4.97. The van der Waals surface area contributed by atoms with Gasteiger partial charge in [-0.2, -0.15) is 0 Å².